The third-order valence-electron chi connectivity index (χ3n) is 4.25. The zero-order valence-electron chi connectivity index (χ0n) is 17.1. The highest BCUT2D eigenvalue weighted by molar-refractivity contribution is 9.11. The molecular weight excluding hydrogens is 524 g/mol. The van der Waals surface area contributed by atoms with Gasteiger partial charge in [0.2, 0.25) is 0 Å². The Morgan fingerprint density at radius 2 is 1.53 bits per heavy atom. The van der Waals surface area contributed by atoms with Crippen LogP contribution in [0.25, 0.3) is 0 Å². The quantitative estimate of drug-likeness (QED) is 0.222. The van der Waals surface area contributed by atoms with E-state index < -0.39 is 0 Å². The van der Waals surface area contributed by atoms with Crippen molar-refractivity contribution in [3.63, 3.8) is 0 Å². The van der Waals surface area contributed by atoms with E-state index in [0.717, 1.165) is 41.1 Å². The predicted octanol–water partition coefficient (Wildman–Crippen LogP) is 4.39. The SMILES string of the molecule is O=Cc1cc(Br)c(OCCOCCOCCOCCCOC2CCCCO2)c(Br)c1. The Labute approximate surface area is 194 Å². The molecule has 9 heteroatoms. The molecule has 1 saturated heterocycles. The van der Waals surface area contributed by atoms with Gasteiger partial charge in [0.15, 0.2) is 6.29 Å². The molecule has 0 saturated carbocycles. The minimum Gasteiger partial charge on any atom is -0.489 e. The number of halogens is 2. The van der Waals surface area contributed by atoms with Crippen LogP contribution in [0.2, 0.25) is 0 Å². The Balaban J connectivity index is 1.35. The normalized spacial score (nSPS) is 16.5. The Morgan fingerprint density at radius 1 is 0.900 bits per heavy atom. The molecule has 0 spiro atoms. The molecule has 0 amide bonds. The first-order valence-corrected chi connectivity index (χ1v) is 11.8. The number of rotatable bonds is 16. The highest BCUT2D eigenvalue weighted by Crippen LogP contribution is 2.34. The van der Waals surface area contributed by atoms with Crippen LogP contribution >= 0.6 is 31.9 Å². The first-order valence-electron chi connectivity index (χ1n) is 10.2. The maximum atomic E-state index is 10.8. The molecule has 170 valence electrons. The fourth-order valence-electron chi connectivity index (χ4n) is 2.75. The average molecular weight is 554 g/mol. The number of aldehydes is 1. The van der Waals surface area contributed by atoms with Gasteiger partial charge in [-0.3, -0.25) is 4.79 Å². The van der Waals surface area contributed by atoms with Crippen LogP contribution in [0.4, 0.5) is 0 Å². The molecule has 1 heterocycles. The van der Waals surface area contributed by atoms with Crippen molar-refractivity contribution < 1.29 is 33.2 Å². The van der Waals surface area contributed by atoms with Crippen molar-refractivity contribution in [2.75, 3.05) is 59.5 Å². The van der Waals surface area contributed by atoms with E-state index in [9.17, 15) is 4.79 Å². The van der Waals surface area contributed by atoms with Crippen LogP contribution in [-0.4, -0.2) is 72.0 Å². The van der Waals surface area contributed by atoms with E-state index in [1.807, 2.05) is 0 Å². The lowest BCUT2D eigenvalue weighted by atomic mass is 10.2. The Bertz CT molecular complexity index is 586. The third-order valence-corrected chi connectivity index (χ3v) is 5.43. The van der Waals surface area contributed by atoms with E-state index >= 15 is 0 Å². The fraction of sp³-hybridized carbons (Fsp3) is 0.667. The van der Waals surface area contributed by atoms with Crippen molar-refractivity contribution in [3.8, 4) is 5.75 Å². The number of benzene rings is 1. The summed E-state index contributed by atoms with van der Waals surface area (Å²) >= 11 is 6.79. The van der Waals surface area contributed by atoms with Crippen LogP contribution in [0.5, 0.6) is 5.75 Å². The van der Waals surface area contributed by atoms with Crippen LogP contribution in [0.3, 0.4) is 0 Å². The number of carbonyl (C=O) groups excluding carboxylic acids is 1. The van der Waals surface area contributed by atoms with Gasteiger partial charge in [-0.1, -0.05) is 0 Å². The Morgan fingerprint density at radius 3 is 2.13 bits per heavy atom. The molecule has 1 aliphatic rings. The summed E-state index contributed by atoms with van der Waals surface area (Å²) in [6, 6.07) is 3.42. The summed E-state index contributed by atoms with van der Waals surface area (Å²) < 4.78 is 34.8. The molecule has 1 aromatic rings. The average Bonchev–Trinajstić information content (AvgIpc) is 2.76. The molecule has 0 radical (unpaired) electrons. The van der Waals surface area contributed by atoms with Gasteiger partial charge in [0.05, 0.1) is 48.6 Å². The summed E-state index contributed by atoms with van der Waals surface area (Å²) in [5.74, 6) is 0.647. The summed E-state index contributed by atoms with van der Waals surface area (Å²) in [6.45, 7) is 5.06. The molecule has 7 nitrogen and oxygen atoms in total. The summed E-state index contributed by atoms with van der Waals surface area (Å²) in [5, 5.41) is 0. The van der Waals surface area contributed by atoms with Crippen molar-refractivity contribution in [1.82, 2.24) is 0 Å². The van der Waals surface area contributed by atoms with Crippen molar-refractivity contribution >= 4 is 38.1 Å². The van der Waals surface area contributed by atoms with Gasteiger partial charge in [0, 0.05) is 18.8 Å². The Kier molecular flexibility index (Phi) is 13.8. The molecule has 1 atom stereocenters. The van der Waals surface area contributed by atoms with Gasteiger partial charge in [-0.05, 0) is 69.7 Å². The summed E-state index contributed by atoms with van der Waals surface area (Å²) in [6.07, 6.45) is 4.92. The van der Waals surface area contributed by atoms with E-state index in [2.05, 4.69) is 31.9 Å². The zero-order chi connectivity index (χ0) is 21.4. The molecule has 0 aliphatic carbocycles. The van der Waals surface area contributed by atoms with Crippen molar-refractivity contribution in [1.29, 1.82) is 0 Å². The second-order valence-corrected chi connectivity index (χ2v) is 8.35. The largest absolute Gasteiger partial charge is 0.489 e. The van der Waals surface area contributed by atoms with E-state index in [0.29, 0.717) is 64.2 Å². The van der Waals surface area contributed by atoms with Crippen LogP contribution < -0.4 is 4.74 Å². The van der Waals surface area contributed by atoms with E-state index in [4.69, 9.17) is 28.4 Å². The van der Waals surface area contributed by atoms with Crippen LogP contribution in [-0.2, 0) is 23.7 Å². The van der Waals surface area contributed by atoms with Gasteiger partial charge in [-0.25, -0.2) is 0 Å². The van der Waals surface area contributed by atoms with E-state index in [1.165, 1.54) is 6.42 Å². The number of hydrogen-bond donors (Lipinski definition) is 0. The molecule has 2 rings (SSSR count). The lowest BCUT2D eigenvalue weighted by Gasteiger charge is -2.22. The lowest BCUT2D eigenvalue weighted by molar-refractivity contribution is -0.164. The summed E-state index contributed by atoms with van der Waals surface area (Å²) in [5.41, 5.74) is 0.570. The summed E-state index contributed by atoms with van der Waals surface area (Å²) in [7, 11) is 0. The monoisotopic (exact) mass is 552 g/mol. The van der Waals surface area contributed by atoms with Gasteiger partial charge >= 0.3 is 0 Å². The standard InChI is InChI=1S/C21H30Br2O7/c22-18-14-17(16-24)15-19(23)21(18)30-13-12-27-11-10-26-9-8-25-5-3-7-29-20-4-1-2-6-28-20/h14-16,20H,1-13H2. The highest BCUT2D eigenvalue weighted by atomic mass is 79.9. The van der Waals surface area contributed by atoms with Crippen LogP contribution in [0, 0.1) is 0 Å². The highest BCUT2D eigenvalue weighted by Gasteiger charge is 2.13. The zero-order valence-corrected chi connectivity index (χ0v) is 20.3. The van der Waals surface area contributed by atoms with Crippen molar-refractivity contribution in [2.24, 2.45) is 0 Å². The summed E-state index contributed by atoms with van der Waals surface area (Å²) in [4.78, 5) is 10.8. The molecular formula is C21H30Br2O7. The Hall–Kier alpha value is -0.550. The molecule has 0 N–H and O–H groups in total. The first-order chi connectivity index (χ1) is 14.7. The minimum atomic E-state index is -0.0291. The number of hydrogen-bond acceptors (Lipinski definition) is 7. The molecule has 0 bridgehead atoms. The van der Waals surface area contributed by atoms with Gasteiger partial charge in [-0.15, -0.1) is 0 Å². The lowest BCUT2D eigenvalue weighted by Crippen LogP contribution is -2.23. The maximum absolute atomic E-state index is 10.8. The second-order valence-electron chi connectivity index (χ2n) is 6.64. The van der Waals surface area contributed by atoms with Gasteiger partial charge in [0.25, 0.3) is 0 Å². The topological polar surface area (TPSA) is 72.5 Å². The molecule has 30 heavy (non-hydrogen) atoms. The minimum absolute atomic E-state index is 0.0291. The number of ether oxygens (including phenoxy) is 6. The smallest absolute Gasteiger partial charge is 0.157 e. The molecule has 1 aromatic carbocycles. The molecule has 1 fully saturated rings. The predicted molar refractivity (Wildman–Crippen MR) is 119 cm³/mol. The van der Waals surface area contributed by atoms with Gasteiger partial charge in [-0.2, -0.15) is 0 Å². The fourth-order valence-corrected chi connectivity index (χ4v) is 4.20. The van der Waals surface area contributed by atoms with E-state index in [1.54, 1.807) is 12.1 Å². The van der Waals surface area contributed by atoms with Crippen molar-refractivity contribution in [2.45, 2.75) is 32.0 Å². The van der Waals surface area contributed by atoms with Crippen LogP contribution in [0.1, 0.15) is 36.0 Å². The molecule has 1 unspecified atom stereocenters. The first kappa shape index (κ1) is 25.7. The van der Waals surface area contributed by atoms with Crippen LogP contribution in [0.15, 0.2) is 21.1 Å². The van der Waals surface area contributed by atoms with Gasteiger partial charge in [0.1, 0.15) is 18.6 Å². The second kappa shape index (κ2) is 16.1. The molecule has 1 aliphatic heterocycles. The molecule has 0 aromatic heterocycles. The van der Waals surface area contributed by atoms with Crippen molar-refractivity contribution in [3.05, 3.63) is 26.6 Å². The van der Waals surface area contributed by atoms with E-state index in [-0.39, 0.29) is 6.29 Å². The van der Waals surface area contributed by atoms with Gasteiger partial charge < -0.3 is 28.4 Å². The third kappa shape index (κ3) is 10.7. The number of carbonyl (C=O) groups is 1. The maximum Gasteiger partial charge on any atom is 0.157 e.